The molecule has 1 amide bonds. The quantitative estimate of drug-likeness (QED) is 0.292. The fraction of sp³-hybridized carbons (Fsp3) is 0.810. The second-order valence-corrected chi connectivity index (χ2v) is 9.25. The SMILES string of the molecule is CC1(C)CC1C(=O)N/C(=C\CCCCCCC[N+]1(C)CCNCC1)C(=O)O. The lowest BCUT2D eigenvalue weighted by Crippen LogP contribution is -2.56. The fourth-order valence-corrected chi connectivity index (χ4v) is 3.90. The number of carboxylic acids is 1. The highest BCUT2D eigenvalue weighted by molar-refractivity contribution is 5.94. The topological polar surface area (TPSA) is 78.4 Å². The summed E-state index contributed by atoms with van der Waals surface area (Å²) in [6.45, 7) is 10.0. The molecular formula is C21H38N3O3+. The van der Waals surface area contributed by atoms with Crippen LogP contribution in [-0.2, 0) is 9.59 Å². The lowest BCUT2D eigenvalue weighted by atomic mass is 10.1. The van der Waals surface area contributed by atoms with Crippen LogP contribution in [0.1, 0.15) is 58.8 Å². The summed E-state index contributed by atoms with van der Waals surface area (Å²) in [6, 6.07) is 0. The molecule has 0 aromatic carbocycles. The Morgan fingerprint density at radius 3 is 2.33 bits per heavy atom. The number of nitrogens with one attached hydrogen (secondary N) is 2. The molecule has 1 saturated heterocycles. The van der Waals surface area contributed by atoms with Crippen molar-refractivity contribution in [2.45, 2.75) is 58.8 Å². The number of quaternary nitrogens is 1. The van der Waals surface area contributed by atoms with Crippen LogP contribution in [0.5, 0.6) is 0 Å². The standard InChI is InChI=1S/C21H37N3O3/c1-21(2)16-17(21)19(25)23-18(20(26)27)10-8-6-4-5-7-9-13-24(3)14-11-22-12-15-24/h10,17,22H,4-9,11-16H2,1-3H3,(H-,23,25,26,27)/p+1/b18-10-. The van der Waals surface area contributed by atoms with Crippen LogP contribution in [0.3, 0.4) is 0 Å². The van der Waals surface area contributed by atoms with Gasteiger partial charge in [0.25, 0.3) is 0 Å². The van der Waals surface area contributed by atoms with Crippen LogP contribution in [0.15, 0.2) is 11.8 Å². The van der Waals surface area contributed by atoms with Crippen molar-refractivity contribution in [3.05, 3.63) is 11.8 Å². The molecule has 1 saturated carbocycles. The molecule has 0 spiro atoms. The highest BCUT2D eigenvalue weighted by atomic mass is 16.4. The van der Waals surface area contributed by atoms with Crippen molar-refractivity contribution >= 4 is 11.9 Å². The summed E-state index contributed by atoms with van der Waals surface area (Å²) in [5.74, 6) is -1.26. The summed E-state index contributed by atoms with van der Waals surface area (Å²) >= 11 is 0. The Bertz CT molecular complexity index is 551. The number of hydrogen-bond acceptors (Lipinski definition) is 3. The van der Waals surface area contributed by atoms with E-state index in [1.807, 2.05) is 13.8 Å². The Morgan fingerprint density at radius 2 is 1.74 bits per heavy atom. The van der Waals surface area contributed by atoms with Crippen molar-refractivity contribution in [3.63, 3.8) is 0 Å². The van der Waals surface area contributed by atoms with Crippen LogP contribution in [-0.4, -0.2) is 61.2 Å². The Balaban J connectivity index is 1.57. The molecule has 1 unspecified atom stereocenters. The van der Waals surface area contributed by atoms with Gasteiger partial charge in [0.1, 0.15) is 5.70 Å². The van der Waals surface area contributed by atoms with Gasteiger partial charge in [-0.1, -0.05) is 32.8 Å². The van der Waals surface area contributed by atoms with Crippen LogP contribution >= 0.6 is 0 Å². The van der Waals surface area contributed by atoms with Gasteiger partial charge in [-0.15, -0.1) is 0 Å². The zero-order valence-electron chi connectivity index (χ0n) is 17.4. The molecule has 154 valence electrons. The number of aliphatic carboxylic acids is 1. The molecule has 1 aliphatic carbocycles. The molecule has 0 radical (unpaired) electrons. The minimum Gasteiger partial charge on any atom is -0.477 e. The maximum Gasteiger partial charge on any atom is 0.352 e. The van der Waals surface area contributed by atoms with E-state index < -0.39 is 5.97 Å². The van der Waals surface area contributed by atoms with Gasteiger partial charge in [-0.2, -0.15) is 0 Å². The Labute approximate surface area is 164 Å². The van der Waals surface area contributed by atoms with Crippen molar-refractivity contribution < 1.29 is 19.2 Å². The number of carbonyl (C=O) groups is 2. The van der Waals surface area contributed by atoms with Crippen LogP contribution in [0.2, 0.25) is 0 Å². The number of carbonyl (C=O) groups excluding carboxylic acids is 1. The number of piperazine rings is 1. The molecule has 3 N–H and O–H groups in total. The molecule has 2 aliphatic rings. The Kier molecular flexibility index (Phi) is 7.86. The molecule has 2 rings (SSSR count). The molecule has 1 heterocycles. The number of allylic oxidation sites excluding steroid dienone is 1. The second kappa shape index (κ2) is 9.69. The zero-order valence-corrected chi connectivity index (χ0v) is 17.4. The van der Waals surface area contributed by atoms with Crippen LogP contribution in [0, 0.1) is 11.3 Å². The van der Waals surface area contributed by atoms with Gasteiger partial charge in [0.05, 0.1) is 26.7 Å². The third-order valence-electron chi connectivity index (χ3n) is 6.23. The minimum absolute atomic E-state index is 0.0115. The average molecular weight is 381 g/mol. The number of amides is 1. The van der Waals surface area contributed by atoms with E-state index >= 15 is 0 Å². The molecule has 0 aromatic rings. The van der Waals surface area contributed by atoms with Gasteiger partial charge < -0.3 is 20.2 Å². The molecule has 0 aromatic heterocycles. The van der Waals surface area contributed by atoms with E-state index in [4.69, 9.17) is 0 Å². The fourth-order valence-electron chi connectivity index (χ4n) is 3.90. The summed E-state index contributed by atoms with van der Waals surface area (Å²) in [7, 11) is 2.36. The summed E-state index contributed by atoms with van der Waals surface area (Å²) in [4.78, 5) is 23.4. The van der Waals surface area contributed by atoms with Gasteiger partial charge >= 0.3 is 5.97 Å². The molecule has 0 bridgehead atoms. The molecule has 1 atom stereocenters. The van der Waals surface area contributed by atoms with E-state index in [2.05, 4.69) is 17.7 Å². The molecule has 6 nitrogen and oxygen atoms in total. The summed E-state index contributed by atoms with van der Waals surface area (Å²) in [5.41, 5.74) is 0.0521. The number of carboxylic acid groups (broad SMARTS) is 1. The van der Waals surface area contributed by atoms with Gasteiger partial charge in [-0.25, -0.2) is 4.79 Å². The van der Waals surface area contributed by atoms with Crippen LogP contribution < -0.4 is 10.6 Å². The molecule has 27 heavy (non-hydrogen) atoms. The van der Waals surface area contributed by atoms with Crippen molar-refractivity contribution in [3.8, 4) is 0 Å². The first-order valence-corrected chi connectivity index (χ1v) is 10.5. The summed E-state index contributed by atoms with van der Waals surface area (Å²) in [6.07, 6.45) is 8.98. The lowest BCUT2D eigenvalue weighted by Gasteiger charge is -2.38. The first-order valence-electron chi connectivity index (χ1n) is 10.5. The van der Waals surface area contributed by atoms with E-state index in [0.717, 1.165) is 32.4 Å². The van der Waals surface area contributed by atoms with Crippen LogP contribution in [0.25, 0.3) is 0 Å². The van der Waals surface area contributed by atoms with E-state index in [1.165, 1.54) is 43.4 Å². The third kappa shape index (κ3) is 7.26. The first kappa shape index (κ1) is 21.9. The number of unbranched alkanes of at least 4 members (excludes halogenated alkanes) is 5. The normalized spacial score (nSPS) is 23.7. The maximum atomic E-state index is 12.1. The van der Waals surface area contributed by atoms with Crippen LogP contribution in [0.4, 0.5) is 0 Å². The van der Waals surface area contributed by atoms with Gasteiger partial charge in [0.2, 0.25) is 5.91 Å². The largest absolute Gasteiger partial charge is 0.477 e. The van der Waals surface area contributed by atoms with Gasteiger partial charge in [-0.3, -0.25) is 4.79 Å². The number of rotatable bonds is 11. The predicted octanol–water partition coefficient (Wildman–Crippen LogP) is 2.51. The number of nitrogens with zero attached hydrogens (tertiary/aromatic N) is 1. The lowest BCUT2D eigenvalue weighted by molar-refractivity contribution is -0.911. The third-order valence-corrected chi connectivity index (χ3v) is 6.23. The van der Waals surface area contributed by atoms with Gasteiger partial charge in [0, 0.05) is 19.0 Å². The monoisotopic (exact) mass is 380 g/mol. The zero-order chi connectivity index (χ0) is 19.9. The summed E-state index contributed by atoms with van der Waals surface area (Å²) in [5, 5.41) is 15.3. The summed E-state index contributed by atoms with van der Waals surface area (Å²) < 4.78 is 1.19. The van der Waals surface area contributed by atoms with E-state index in [9.17, 15) is 14.7 Å². The second-order valence-electron chi connectivity index (χ2n) is 9.25. The Morgan fingerprint density at radius 1 is 1.15 bits per heavy atom. The van der Waals surface area contributed by atoms with E-state index in [1.54, 1.807) is 6.08 Å². The maximum absolute atomic E-state index is 12.1. The van der Waals surface area contributed by atoms with Crippen molar-refractivity contribution in [1.82, 2.24) is 10.6 Å². The number of hydrogen-bond donors (Lipinski definition) is 3. The van der Waals surface area contributed by atoms with Crippen molar-refractivity contribution in [2.75, 3.05) is 39.8 Å². The predicted molar refractivity (Wildman–Crippen MR) is 107 cm³/mol. The average Bonchev–Trinajstić information content (AvgIpc) is 3.25. The van der Waals surface area contributed by atoms with E-state index in [0.29, 0.717) is 6.42 Å². The molecule has 2 fully saturated rings. The molecule has 6 heteroatoms. The van der Waals surface area contributed by atoms with E-state index in [-0.39, 0.29) is 22.9 Å². The molecule has 1 aliphatic heterocycles. The number of likely N-dealkylation sites (N-methyl/N-ethyl adjacent to an activating group) is 1. The highest BCUT2D eigenvalue weighted by Gasteiger charge is 2.50. The minimum atomic E-state index is -1.05. The Hall–Kier alpha value is -1.40. The van der Waals surface area contributed by atoms with Crippen molar-refractivity contribution in [2.24, 2.45) is 11.3 Å². The smallest absolute Gasteiger partial charge is 0.352 e. The van der Waals surface area contributed by atoms with Gasteiger partial charge in [-0.05, 0) is 37.5 Å². The van der Waals surface area contributed by atoms with Gasteiger partial charge in [0.15, 0.2) is 0 Å². The first-order chi connectivity index (χ1) is 12.7. The molecular weight excluding hydrogens is 342 g/mol. The highest BCUT2D eigenvalue weighted by Crippen LogP contribution is 2.51. The van der Waals surface area contributed by atoms with Crippen molar-refractivity contribution in [1.29, 1.82) is 0 Å².